The monoisotopic (exact) mass is 326 g/mol. The molecule has 1 N–H and O–H groups in total. The number of nitrogens with zero attached hydrogens (tertiary/aromatic N) is 1. The first-order valence-corrected chi connectivity index (χ1v) is 8.09. The molecule has 22 heavy (non-hydrogen) atoms. The fourth-order valence-electron chi connectivity index (χ4n) is 3.09. The Morgan fingerprint density at radius 1 is 1.36 bits per heavy atom. The molecule has 1 aromatic rings. The van der Waals surface area contributed by atoms with Gasteiger partial charge in [0.2, 0.25) is 5.91 Å². The van der Waals surface area contributed by atoms with Crippen LogP contribution in [-0.2, 0) is 9.53 Å². The van der Waals surface area contributed by atoms with E-state index in [4.69, 9.17) is 16.3 Å². The average Bonchev–Trinajstić information content (AvgIpc) is 2.57. The highest BCUT2D eigenvalue weighted by molar-refractivity contribution is 6.30. The molecule has 2 aliphatic rings. The van der Waals surface area contributed by atoms with Crippen molar-refractivity contribution in [2.75, 3.05) is 32.8 Å². The van der Waals surface area contributed by atoms with Crippen LogP contribution in [0.5, 0.6) is 0 Å². The van der Waals surface area contributed by atoms with E-state index >= 15 is 0 Å². The highest BCUT2D eigenvalue weighted by Crippen LogP contribution is 2.27. The van der Waals surface area contributed by atoms with Gasteiger partial charge >= 0.3 is 0 Å². The van der Waals surface area contributed by atoms with Gasteiger partial charge < -0.3 is 15.0 Å². The Labute approximate surface area is 134 Å². The fourth-order valence-corrected chi connectivity index (χ4v) is 3.28. The van der Waals surface area contributed by atoms with Crippen molar-refractivity contribution in [1.82, 2.24) is 10.2 Å². The number of amides is 1. The molecule has 1 atom stereocenters. The maximum atomic E-state index is 13.3. The van der Waals surface area contributed by atoms with Crippen LogP contribution in [0.15, 0.2) is 18.2 Å². The summed E-state index contributed by atoms with van der Waals surface area (Å²) in [4.78, 5) is 14.5. The van der Waals surface area contributed by atoms with E-state index < -0.39 is 5.82 Å². The molecule has 3 rings (SSSR count). The van der Waals surface area contributed by atoms with Gasteiger partial charge in [-0.15, -0.1) is 0 Å². The van der Waals surface area contributed by atoms with Crippen LogP contribution in [0.1, 0.15) is 24.5 Å². The molecule has 0 bridgehead atoms. The number of carbonyl (C=O) groups excluding carboxylic acids is 1. The summed E-state index contributed by atoms with van der Waals surface area (Å²) >= 11 is 5.84. The first-order chi connectivity index (χ1) is 10.6. The Morgan fingerprint density at radius 2 is 2.14 bits per heavy atom. The van der Waals surface area contributed by atoms with Gasteiger partial charge in [-0.2, -0.15) is 0 Å². The molecule has 4 nitrogen and oxygen atoms in total. The minimum Gasteiger partial charge on any atom is -0.370 e. The molecule has 1 unspecified atom stereocenters. The number of ether oxygens (including phenoxy) is 1. The van der Waals surface area contributed by atoms with Crippen LogP contribution in [0.4, 0.5) is 4.39 Å². The molecular weight excluding hydrogens is 307 g/mol. The molecule has 1 aromatic carbocycles. The third kappa shape index (κ3) is 3.42. The molecule has 2 fully saturated rings. The van der Waals surface area contributed by atoms with Gasteiger partial charge in [0, 0.05) is 12.5 Å². The predicted octanol–water partition coefficient (Wildman–Crippen LogP) is 2.38. The summed E-state index contributed by atoms with van der Waals surface area (Å²) in [5.74, 6) is -0.122. The molecule has 6 heteroatoms. The highest BCUT2D eigenvalue weighted by Gasteiger charge is 2.30. The Kier molecular flexibility index (Phi) is 4.96. The van der Waals surface area contributed by atoms with E-state index in [0.29, 0.717) is 19.7 Å². The van der Waals surface area contributed by atoms with Gasteiger partial charge in [0.15, 0.2) is 0 Å². The lowest BCUT2D eigenvalue weighted by molar-refractivity contribution is -0.144. The fraction of sp³-hybridized carbons (Fsp3) is 0.562. The number of carbonyl (C=O) groups is 1. The number of piperidine rings is 1. The number of hydrogen-bond donors (Lipinski definition) is 1. The second-order valence-corrected chi connectivity index (χ2v) is 6.25. The van der Waals surface area contributed by atoms with Crippen LogP contribution in [-0.4, -0.2) is 43.6 Å². The van der Waals surface area contributed by atoms with E-state index in [2.05, 4.69) is 5.32 Å². The highest BCUT2D eigenvalue weighted by atomic mass is 35.5. The van der Waals surface area contributed by atoms with Gasteiger partial charge in [0.05, 0.1) is 18.2 Å². The van der Waals surface area contributed by atoms with Crippen molar-refractivity contribution in [3.63, 3.8) is 0 Å². The number of rotatable bonds is 2. The third-order valence-electron chi connectivity index (χ3n) is 4.38. The lowest BCUT2D eigenvalue weighted by atomic mass is 9.96. The number of morpholine rings is 1. The summed E-state index contributed by atoms with van der Waals surface area (Å²) in [5.41, 5.74) is 0.814. The van der Waals surface area contributed by atoms with E-state index in [0.717, 1.165) is 31.5 Å². The van der Waals surface area contributed by atoms with Crippen LogP contribution in [0.3, 0.4) is 0 Å². The third-order valence-corrected chi connectivity index (χ3v) is 4.67. The van der Waals surface area contributed by atoms with Gasteiger partial charge in [-0.25, -0.2) is 4.39 Å². The normalized spacial score (nSPS) is 23.5. The molecule has 2 saturated heterocycles. The Balaban J connectivity index is 1.68. The maximum absolute atomic E-state index is 13.3. The van der Waals surface area contributed by atoms with Crippen LogP contribution in [0, 0.1) is 11.7 Å². The Bertz CT molecular complexity index is 549. The second kappa shape index (κ2) is 6.94. The molecule has 0 spiro atoms. The summed E-state index contributed by atoms with van der Waals surface area (Å²) in [6.45, 7) is 3.42. The second-order valence-electron chi connectivity index (χ2n) is 5.84. The van der Waals surface area contributed by atoms with Crippen molar-refractivity contribution in [2.24, 2.45) is 5.92 Å². The topological polar surface area (TPSA) is 41.6 Å². The molecule has 120 valence electrons. The van der Waals surface area contributed by atoms with E-state index in [9.17, 15) is 9.18 Å². The zero-order valence-corrected chi connectivity index (χ0v) is 13.1. The lowest BCUT2D eigenvalue weighted by Gasteiger charge is -2.36. The largest absolute Gasteiger partial charge is 0.370 e. The van der Waals surface area contributed by atoms with Gasteiger partial charge in [-0.1, -0.05) is 17.7 Å². The summed E-state index contributed by atoms with van der Waals surface area (Å²) in [5, 5.41) is 3.36. The standard InChI is InChI=1S/C16H20ClFN2O2/c17-13-9-12(1-2-14(13)18)15-10-20(7-8-22-15)16(21)11-3-5-19-6-4-11/h1-2,9,11,15,19H,3-8,10H2. The first-order valence-electron chi connectivity index (χ1n) is 7.71. The molecule has 0 saturated carbocycles. The van der Waals surface area contributed by atoms with Crippen molar-refractivity contribution in [1.29, 1.82) is 0 Å². The van der Waals surface area contributed by atoms with Crippen molar-refractivity contribution < 1.29 is 13.9 Å². The minimum absolute atomic E-state index is 0.0860. The molecule has 1 amide bonds. The van der Waals surface area contributed by atoms with Crippen molar-refractivity contribution in [2.45, 2.75) is 18.9 Å². The van der Waals surface area contributed by atoms with Gasteiger partial charge in [0.1, 0.15) is 11.9 Å². The zero-order chi connectivity index (χ0) is 15.5. The average molecular weight is 327 g/mol. The molecule has 0 radical (unpaired) electrons. The lowest BCUT2D eigenvalue weighted by Crippen LogP contribution is -2.47. The van der Waals surface area contributed by atoms with Crippen LogP contribution in [0.2, 0.25) is 5.02 Å². The number of nitrogens with one attached hydrogen (secondary N) is 1. The number of benzene rings is 1. The Morgan fingerprint density at radius 3 is 2.86 bits per heavy atom. The molecule has 2 aliphatic heterocycles. The van der Waals surface area contributed by atoms with E-state index in [1.165, 1.54) is 6.07 Å². The summed E-state index contributed by atoms with van der Waals surface area (Å²) in [6.07, 6.45) is 1.55. The van der Waals surface area contributed by atoms with Gasteiger partial charge in [0.25, 0.3) is 0 Å². The quantitative estimate of drug-likeness (QED) is 0.907. The van der Waals surface area contributed by atoms with Gasteiger partial charge in [-0.05, 0) is 43.6 Å². The SMILES string of the molecule is O=C(C1CCNCC1)N1CCOC(c2ccc(F)c(Cl)c2)C1. The van der Waals surface area contributed by atoms with E-state index in [1.807, 2.05) is 4.90 Å². The molecule has 0 aliphatic carbocycles. The summed E-state index contributed by atoms with van der Waals surface area (Å²) in [7, 11) is 0. The van der Waals surface area contributed by atoms with Crippen LogP contribution in [0.25, 0.3) is 0 Å². The predicted molar refractivity (Wildman–Crippen MR) is 82.3 cm³/mol. The smallest absolute Gasteiger partial charge is 0.225 e. The summed E-state index contributed by atoms with van der Waals surface area (Å²) in [6, 6.07) is 4.60. The first kappa shape index (κ1) is 15.7. The maximum Gasteiger partial charge on any atom is 0.225 e. The zero-order valence-electron chi connectivity index (χ0n) is 12.4. The van der Waals surface area contributed by atoms with Crippen molar-refractivity contribution in [3.8, 4) is 0 Å². The van der Waals surface area contributed by atoms with Crippen molar-refractivity contribution in [3.05, 3.63) is 34.6 Å². The van der Waals surface area contributed by atoms with Crippen LogP contribution >= 0.6 is 11.6 Å². The molecule has 2 heterocycles. The van der Waals surface area contributed by atoms with Gasteiger partial charge in [-0.3, -0.25) is 4.79 Å². The van der Waals surface area contributed by atoms with Crippen LogP contribution < -0.4 is 5.32 Å². The molecule has 0 aromatic heterocycles. The molecular formula is C16H20ClFN2O2. The van der Waals surface area contributed by atoms with Crippen molar-refractivity contribution >= 4 is 17.5 Å². The van der Waals surface area contributed by atoms with E-state index in [-0.39, 0.29) is 23.0 Å². The Hall–Kier alpha value is -1.17. The van der Waals surface area contributed by atoms with E-state index in [1.54, 1.807) is 12.1 Å². The summed E-state index contributed by atoms with van der Waals surface area (Å²) < 4.78 is 19.0. The number of halogens is 2. The number of hydrogen-bond acceptors (Lipinski definition) is 3. The minimum atomic E-state index is -0.441.